The van der Waals surface area contributed by atoms with Crippen molar-refractivity contribution in [3.63, 3.8) is 0 Å². The van der Waals surface area contributed by atoms with Gasteiger partial charge in [-0.2, -0.15) is 0 Å². The molecule has 2 aromatic carbocycles. The lowest BCUT2D eigenvalue weighted by Crippen LogP contribution is -2.11. The molecule has 0 saturated heterocycles. The molecule has 2 heterocycles. The van der Waals surface area contributed by atoms with Crippen LogP contribution in [0.4, 0.5) is 0 Å². The summed E-state index contributed by atoms with van der Waals surface area (Å²) in [7, 11) is -3.69. The van der Waals surface area contributed by atoms with Crippen LogP contribution in [0, 0.1) is 0 Å². The summed E-state index contributed by atoms with van der Waals surface area (Å²) in [6.07, 6.45) is 3.24. The molecule has 0 aliphatic carbocycles. The maximum Gasteiger partial charge on any atom is 0.268 e. The van der Waals surface area contributed by atoms with Gasteiger partial charge < -0.3 is 0 Å². The van der Waals surface area contributed by atoms with Crippen molar-refractivity contribution in [3.05, 3.63) is 84.3 Å². The molecule has 0 radical (unpaired) electrons. The molecular weight excluding hydrogens is 356 g/mol. The summed E-state index contributed by atoms with van der Waals surface area (Å²) in [6, 6.07) is 19.3. The van der Waals surface area contributed by atoms with Gasteiger partial charge in [0.2, 0.25) is 0 Å². The Labute approximate surface area is 150 Å². The minimum atomic E-state index is -3.69. The number of fused-ring (bicyclic) bond motifs is 1. The van der Waals surface area contributed by atoms with E-state index in [0.29, 0.717) is 10.7 Å². The normalized spacial score (nSPS) is 11.7. The first-order valence-electron chi connectivity index (χ1n) is 7.60. The second-order valence-electron chi connectivity index (χ2n) is 5.54. The van der Waals surface area contributed by atoms with Crippen LogP contribution in [0.1, 0.15) is 0 Å². The van der Waals surface area contributed by atoms with Gasteiger partial charge in [0.05, 0.1) is 10.4 Å². The fourth-order valence-corrected chi connectivity index (χ4v) is 4.42. The van der Waals surface area contributed by atoms with E-state index in [1.165, 1.54) is 3.97 Å². The van der Waals surface area contributed by atoms with Crippen LogP contribution in [-0.2, 0) is 10.0 Å². The maximum atomic E-state index is 13.1. The third-order valence-corrected chi connectivity index (χ3v) is 5.91. The molecule has 2 aromatic heterocycles. The van der Waals surface area contributed by atoms with Gasteiger partial charge in [-0.15, -0.1) is 0 Å². The van der Waals surface area contributed by atoms with E-state index < -0.39 is 10.0 Å². The van der Waals surface area contributed by atoms with E-state index in [1.54, 1.807) is 54.9 Å². The summed E-state index contributed by atoms with van der Waals surface area (Å²) in [5, 5.41) is 1.20. The number of benzene rings is 2. The van der Waals surface area contributed by atoms with Gasteiger partial charge in [-0.1, -0.05) is 48.0 Å². The number of nitrogens with zero attached hydrogens (tertiary/aromatic N) is 2. The molecule has 4 rings (SSSR count). The molecular formula is C19H13ClN2O2S. The minimum absolute atomic E-state index is 0.245. The van der Waals surface area contributed by atoms with Gasteiger partial charge in [0, 0.05) is 23.3 Å². The molecule has 0 spiro atoms. The number of halogens is 1. The van der Waals surface area contributed by atoms with Gasteiger partial charge in [0.1, 0.15) is 5.15 Å². The Bertz CT molecular complexity index is 1170. The van der Waals surface area contributed by atoms with E-state index in [1.807, 2.05) is 24.3 Å². The van der Waals surface area contributed by atoms with Crippen molar-refractivity contribution >= 4 is 32.5 Å². The molecule has 0 saturated carbocycles. The van der Waals surface area contributed by atoms with Crippen LogP contribution in [0.5, 0.6) is 0 Å². The predicted molar refractivity (Wildman–Crippen MR) is 99.2 cm³/mol. The van der Waals surface area contributed by atoms with Crippen molar-refractivity contribution < 1.29 is 8.42 Å². The van der Waals surface area contributed by atoms with E-state index in [4.69, 9.17) is 11.6 Å². The van der Waals surface area contributed by atoms with Gasteiger partial charge >= 0.3 is 0 Å². The van der Waals surface area contributed by atoms with Crippen molar-refractivity contribution in [2.45, 2.75) is 4.90 Å². The molecule has 0 N–H and O–H groups in total. The smallest absolute Gasteiger partial charge is 0.245 e. The van der Waals surface area contributed by atoms with Crippen molar-refractivity contribution in [2.75, 3.05) is 0 Å². The van der Waals surface area contributed by atoms with Crippen LogP contribution in [0.15, 0.2) is 84.0 Å². The topological polar surface area (TPSA) is 52.0 Å². The van der Waals surface area contributed by atoms with Gasteiger partial charge in [-0.25, -0.2) is 17.4 Å². The van der Waals surface area contributed by atoms with E-state index in [9.17, 15) is 8.42 Å². The Morgan fingerprint density at radius 3 is 2.40 bits per heavy atom. The number of hydrogen-bond acceptors (Lipinski definition) is 3. The molecule has 0 atom stereocenters. The maximum absolute atomic E-state index is 13.1. The molecule has 6 heteroatoms. The molecule has 0 aliphatic heterocycles. The number of pyridine rings is 1. The Morgan fingerprint density at radius 2 is 1.64 bits per heavy atom. The first-order valence-corrected chi connectivity index (χ1v) is 9.42. The molecule has 0 bridgehead atoms. The average Bonchev–Trinajstić information content (AvgIpc) is 3.03. The quantitative estimate of drug-likeness (QED) is 0.497. The van der Waals surface area contributed by atoms with Crippen molar-refractivity contribution in [3.8, 4) is 11.1 Å². The first-order chi connectivity index (χ1) is 12.1. The van der Waals surface area contributed by atoms with Crippen molar-refractivity contribution in [1.82, 2.24) is 8.96 Å². The molecule has 124 valence electrons. The average molecular weight is 369 g/mol. The summed E-state index contributed by atoms with van der Waals surface area (Å²) >= 11 is 6.00. The first kappa shape index (κ1) is 15.9. The largest absolute Gasteiger partial charge is 0.268 e. The Hall–Kier alpha value is -2.63. The second kappa shape index (κ2) is 6.02. The summed E-state index contributed by atoms with van der Waals surface area (Å²) in [5.41, 5.74) is 2.23. The summed E-state index contributed by atoms with van der Waals surface area (Å²) in [4.78, 5) is 4.23. The Balaban J connectivity index is 2.01. The molecule has 0 aliphatic rings. The summed E-state index contributed by atoms with van der Waals surface area (Å²) in [6.45, 7) is 0. The standard InChI is InChI=1S/C19H13ClN2O2S/c20-19-12-14(10-11-21-19)17-13-22(18-9-5-4-8-16(17)18)25(23,24)15-6-2-1-3-7-15/h1-13H. The van der Waals surface area contributed by atoms with Crippen LogP contribution in [-0.4, -0.2) is 17.4 Å². The van der Waals surface area contributed by atoms with Crippen LogP contribution in [0.2, 0.25) is 5.15 Å². The zero-order valence-electron chi connectivity index (χ0n) is 13.0. The highest BCUT2D eigenvalue weighted by molar-refractivity contribution is 7.90. The fourth-order valence-electron chi connectivity index (χ4n) is 2.85. The van der Waals surface area contributed by atoms with Crippen LogP contribution in [0.25, 0.3) is 22.0 Å². The highest BCUT2D eigenvalue weighted by atomic mass is 35.5. The number of rotatable bonds is 3. The van der Waals surface area contributed by atoms with Crippen LogP contribution in [0.3, 0.4) is 0 Å². The van der Waals surface area contributed by atoms with Crippen molar-refractivity contribution in [1.29, 1.82) is 0 Å². The van der Waals surface area contributed by atoms with E-state index in [0.717, 1.165) is 16.5 Å². The highest BCUT2D eigenvalue weighted by Gasteiger charge is 2.21. The van der Waals surface area contributed by atoms with Gasteiger partial charge in [-0.3, -0.25) is 0 Å². The van der Waals surface area contributed by atoms with E-state index in [-0.39, 0.29) is 4.90 Å². The molecule has 25 heavy (non-hydrogen) atoms. The third kappa shape index (κ3) is 2.71. The third-order valence-electron chi connectivity index (χ3n) is 4.02. The zero-order valence-corrected chi connectivity index (χ0v) is 14.6. The molecule has 0 unspecified atom stereocenters. The van der Waals surface area contributed by atoms with Crippen molar-refractivity contribution in [2.24, 2.45) is 0 Å². The van der Waals surface area contributed by atoms with Crippen LogP contribution >= 0.6 is 11.6 Å². The lowest BCUT2D eigenvalue weighted by Gasteiger charge is -2.07. The predicted octanol–water partition coefficient (Wildman–Crippen LogP) is 4.59. The Morgan fingerprint density at radius 1 is 0.920 bits per heavy atom. The summed E-state index contributed by atoms with van der Waals surface area (Å²) in [5.74, 6) is 0. The highest BCUT2D eigenvalue weighted by Crippen LogP contribution is 2.33. The second-order valence-corrected chi connectivity index (χ2v) is 7.74. The SMILES string of the molecule is O=S(=O)(c1ccccc1)n1cc(-c2ccnc(Cl)c2)c2ccccc21. The van der Waals surface area contributed by atoms with Crippen LogP contribution < -0.4 is 0 Å². The number of para-hydroxylation sites is 1. The Kier molecular flexibility index (Phi) is 3.82. The van der Waals surface area contributed by atoms with Gasteiger partial charge in [-0.05, 0) is 35.9 Å². The fraction of sp³-hybridized carbons (Fsp3) is 0. The van der Waals surface area contributed by atoms with Gasteiger partial charge in [0.25, 0.3) is 10.0 Å². The molecule has 4 nitrogen and oxygen atoms in total. The van der Waals surface area contributed by atoms with E-state index in [2.05, 4.69) is 4.98 Å². The van der Waals surface area contributed by atoms with Gasteiger partial charge in [0.15, 0.2) is 0 Å². The zero-order chi connectivity index (χ0) is 17.4. The number of hydrogen-bond donors (Lipinski definition) is 0. The number of aromatic nitrogens is 2. The molecule has 0 amide bonds. The van der Waals surface area contributed by atoms with E-state index >= 15 is 0 Å². The lowest BCUT2D eigenvalue weighted by molar-refractivity contribution is 0.589. The monoisotopic (exact) mass is 368 g/mol. The molecule has 0 fully saturated rings. The summed E-state index contributed by atoms with van der Waals surface area (Å²) < 4.78 is 27.5. The minimum Gasteiger partial charge on any atom is -0.245 e. The molecule has 4 aromatic rings. The lowest BCUT2D eigenvalue weighted by atomic mass is 10.1.